The monoisotopic (exact) mass is 176 g/mol. The maximum atomic E-state index is 6.65. The second-order valence-corrected chi connectivity index (χ2v) is 2.77. The van der Waals surface area contributed by atoms with Crippen molar-refractivity contribution in [2.24, 2.45) is 5.16 Å². The summed E-state index contributed by atoms with van der Waals surface area (Å²) in [6.45, 7) is 3.87. The maximum absolute atomic E-state index is 6.65. The minimum Gasteiger partial charge on any atom is -0.345 e. The fourth-order valence-corrected chi connectivity index (χ4v) is 1.03. The van der Waals surface area contributed by atoms with Crippen LogP contribution >= 0.6 is 0 Å². The molecule has 1 aromatic rings. The number of rotatable bonds is 3. The molecule has 0 unspecified atom stereocenters. The topological polar surface area (TPSA) is 45.4 Å². The highest BCUT2D eigenvalue weighted by Crippen LogP contribution is 2.05. The van der Waals surface area contributed by atoms with Crippen LogP contribution in [0, 0.1) is 12.3 Å². The molecule has 13 heavy (non-hydrogen) atoms. The minimum absolute atomic E-state index is 0.771. The second kappa shape index (κ2) is 4.40. The third kappa shape index (κ3) is 2.71. The van der Waals surface area contributed by atoms with E-state index in [1.165, 1.54) is 5.56 Å². The zero-order valence-electron chi connectivity index (χ0n) is 7.74. The van der Waals surface area contributed by atoms with E-state index in [2.05, 4.69) is 9.99 Å². The predicted octanol–water partition coefficient (Wildman–Crippen LogP) is 2.34. The molecule has 1 rings (SSSR count). The Morgan fingerprint density at radius 1 is 1.54 bits per heavy atom. The number of nitrogens with zero attached hydrogens (tertiary/aromatic N) is 1. The fourth-order valence-electron chi connectivity index (χ4n) is 1.03. The quantitative estimate of drug-likeness (QED) is 0.429. The average Bonchev–Trinajstić information content (AvgIpc) is 2.14. The molecule has 1 aromatic carbocycles. The number of aryl methyl sites for hydroxylation is 1. The van der Waals surface area contributed by atoms with Crippen LogP contribution in [0.2, 0.25) is 0 Å². The third-order valence-corrected chi connectivity index (χ3v) is 1.68. The fraction of sp³-hybridized carbons (Fsp3) is 0.200. The molecule has 0 amide bonds. The molecule has 0 aromatic heterocycles. The molecule has 3 nitrogen and oxygen atoms in total. The second-order valence-electron chi connectivity index (χ2n) is 2.77. The number of oxime groups is 1. The highest BCUT2D eigenvalue weighted by Gasteiger charge is 1.96. The van der Waals surface area contributed by atoms with Gasteiger partial charge in [0.25, 0.3) is 0 Å². The van der Waals surface area contributed by atoms with Crippen molar-refractivity contribution in [3.63, 3.8) is 0 Å². The summed E-state index contributed by atoms with van der Waals surface area (Å²) in [5, 5.41) is 10.4. The van der Waals surface area contributed by atoms with E-state index in [0.29, 0.717) is 0 Å². The lowest BCUT2D eigenvalue weighted by Crippen LogP contribution is -1.95. The molecular formula is C10H12N2O. The molecular weight excluding hydrogens is 164 g/mol. The molecule has 0 atom stereocenters. The van der Waals surface area contributed by atoms with Crippen LogP contribution in [0.15, 0.2) is 29.4 Å². The van der Waals surface area contributed by atoms with E-state index in [4.69, 9.17) is 5.41 Å². The summed E-state index contributed by atoms with van der Waals surface area (Å²) in [5.41, 5.74) is 2.97. The summed E-state index contributed by atoms with van der Waals surface area (Å²) in [5.74, 6) is 0. The highest BCUT2D eigenvalue weighted by atomic mass is 16.6. The van der Waals surface area contributed by atoms with Crippen molar-refractivity contribution in [3.8, 4) is 0 Å². The molecule has 0 aliphatic heterocycles. The van der Waals surface area contributed by atoms with Crippen LogP contribution in [0.5, 0.6) is 0 Å². The molecule has 0 radical (unpaired) electrons. The van der Waals surface area contributed by atoms with Crippen LogP contribution in [0.25, 0.3) is 0 Å². The Morgan fingerprint density at radius 2 is 2.31 bits per heavy atom. The van der Waals surface area contributed by atoms with Crippen molar-refractivity contribution in [2.75, 3.05) is 0 Å². The number of hydrogen-bond acceptors (Lipinski definition) is 3. The largest absolute Gasteiger partial charge is 0.345 e. The summed E-state index contributed by atoms with van der Waals surface area (Å²) in [4.78, 5) is 4.52. The van der Waals surface area contributed by atoms with Crippen LogP contribution < -0.4 is 0 Å². The van der Waals surface area contributed by atoms with Gasteiger partial charge in [-0.2, -0.15) is 0 Å². The number of benzene rings is 1. The van der Waals surface area contributed by atoms with Gasteiger partial charge in [-0.25, -0.2) is 0 Å². The Kier molecular flexibility index (Phi) is 3.20. The van der Waals surface area contributed by atoms with Crippen molar-refractivity contribution >= 4 is 12.1 Å². The van der Waals surface area contributed by atoms with E-state index in [1.807, 2.05) is 38.1 Å². The highest BCUT2D eigenvalue weighted by molar-refractivity contribution is 5.98. The minimum atomic E-state index is 0.771. The van der Waals surface area contributed by atoms with Crippen molar-refractivity contribution in [2.45, 2.75) is 13.8 Å². The first-order valence-electron chi connectivity index (χ1n) is 4.00. The van der Waals surface area contributed by atoms with Crippen LogP contribution in [0.1, 0.15) is 18.1 Å². The zero-order chi connectivity index (χ0) is 9.68. The van der Waals surface area contributed by atoms with Crippen molar-refractivity contribution in [1.29, 1.82) is 5.41 Å². The number of nitrogens with one attached hydrogen (secondary N) is 1. The Morgan fingerprint density at radius 3 is 2.92 bits per heavy atom. The predicted molar refractivity (Wildman–Crippen MR) is 53.3 cm³/mol. The molecule has 0 heterocycles. The first-order chi connectivity index (χ1) is 6.24. The average molecular weight is 176 g/mol. The van der Waals surface area contributed by atoms with E-state index < -0.39 is 0 Å². The van der Waals surface area contributed by atoms with Gasteiger partial charge in [0.2, 0.25) is 6.40 Å². The van der Waals surface area contributed by atoms with Crippen molar-refractivity contribution < 1.29 is 4.84 Å². The van der Waals surface area contributed by atoms with Crippen LogP contribution in [0.4, 0.5) is 0 Å². The van der Waals surface area contributed by atoms with E-state index in [9.17, 15) is 0 Å². The molecule has 1 N–H and O–H groups in total. The first kappa shape index (κ1) is 9.45. The maximum Gasteiger partial charge on any atom is 0.204 e. The summed E-state index contributed by atoms with van der Waals surface area (Å²) >= 11 is 0. The summed E-state index contributed by atoms with van der Waals surface area (Å²) < 4.78 is 0. The van der Waals surface area contributed by atoms with Gasteiger partial charge in [0.05, 0.1) is 5.71 Å². The molecule has 0 bridgehead atoms. The lowest BCUT2D eigenvalue weighted by atomic mass is 10.1. The molecule has 0 aliphatic rings. The zero-order valence-corrected chi connectivity index (χ0v) is 7.74. The van der Waals surface area contributed by atoms with Gasteiger partial charge in [0.1, 0.15) is 0 Å². The SMILES string of the molecule is C/C(=N\OC=N)c1cccc(C)c1. The van der Waals surface area contributed by atoms with Gasteiger partial charge in [-0.1, -0.05) is 35.0 Å². The molecule has 0 fully saturated rings. The standard InChI is InChI=1S/C10H12N2O/c1-8-4-3-5-10(6-8)9(2)12-13-7-11/h3-7,11H,1-2H3/b11-7?,12-9+. The Balaban J connectivity index is 2.88. The van der Waals surface area contributed by atoms with Gasteiger partial charge in [-0.15, -0.1) is 0 Å². The molecule has 0 spiro atoms. The van der Waals surface area contributed by atoms with E-state index in [-0.39, 0.29) is 0 Å². The van der Waals surface area contributed by atoms with Gasteiger partial charge < -0.3 is 4.84 Å². The Bertz CT molecular complexity index is 331. The van der Waals surface area contributed by atoms with Crippen LogP contribution in [-0.4, -0.2) is 12.1 Å². The van der Waals surface area contributed by atoms with Gasteiger partial charge >= 0.3 is 0 Å². The van der Waals surface area contributed by atoms with Gasteiger partial charge in [0, 0.05) is 0 Å². The lowest BCUT2D eigenvalue weighted by molar-refractivity contribution is 0.342. The van der Waals surface area contributed by atoms with Crippen LogP contribution in [0.3, 0.4) is 0 Å². The molecule has 0 saturated heterocycles. The molecule has 0 aliphatic carbocycles. The smallest absolute Gasteiger partial charge is 0.204 e. The Labute approximate surface area is 77.5 Å². The van der Waals surface area contributed by atoms with E-state index >= 15 is 0 Å². The molecule has 0 saturated carbocycles. The third-order valence-electron chi connectivity index (χ3n) is 1.68. The van der Waals surface area contributed by atoms with Gasteiger partial charge in [-0.05, 0) is 19.4 Å². The first-order valence-corrected chi connectivity index (χ1v) is 4.00. The van der Waals surface area contributed by atoms with E-state index in [1.54, 1.807) is 0 Å². The van der Waals surface area contributed by atoms with Gasteiger partial charge in [0.15, 0.2) is 0 Å². The normalized spacial score (nSPS) is 11.1. The molecule has 3 heteroatoms. The summed E-state index contributed by atoms with van der Waals surface area (Å²) in [6.07, 6.45) is 0.805. The Hall–Kier alpha value is -1.64. The summed E-state index contributed by atoms with van der Waals surface area (Å²) in [7, 11) is 0. The van der Waals surface area contributed by atoms with Crippen LogP contribution in [-0.2, 0) is 4.84 Å². The number of hydrogen-bond donors (Lipinski definition) is 1. The van der Waals surface area contributed by atoms with Gasteiger partial charge in [-0.3, -0.25) is 5.41 Å². The van der Waals surface area contributed by atoms with Crippen molar-refractivity contribution in [3.05, 3.63) is 35.4 Å². The summed E-state index contributed by atoms with van der Waals surface area (Å²) in [6, 6.07) is 7.97. The molecule has 68 valence electrons. The lowest BCUT2D eigenvalue weighted by Gasteiger charge is -1.99. The van der Waals surface area contributed by atoms with Crippen molar-refractivity contribution in [1.82, 2.24) is 0 Å². The van der Waals surface area contributed by atoms with E-state index in [0.717, 1.165) is 17.7 Å².